The minimum Gasteiger partial charge on any atom is -0.356 e. The molecule has 34 heavy (non-hydrogen) atoms. The fourth-order valence-corrected chi connectivity index (χ4v) is 7.03. The zero-order valence-electron chi connectivity index (χ0n) is 19.8. The average Bonchev–Trinajstić information content (AvgIpc) is 3.16. The van der Waals surface area contributed by atoms with Gasteiger partial charge in [-0.05, 0) is 50.3 Å². The summed E-state index contributed by atoms with van der Waals surface area (Å²) in [6.07, 6.45) is 9.85. The lowest BCUT2D eigenvalue weighted by atomic mass is 10.1. The van der Waals surface area contributed by atoms with Gasteiger partial charge in [-0.15, -0.1) is 0 Å². The maximum atomic E-state index is 13.1. The third kappa shape index (κ3) is 5.37. The molecule has 3 fully saturated rings. The standard InChI is InChI=1S/C25H36N6O2S/c32-34(33,23-10-4-3-5-11-23)31-17-8-9-22(20-31)30-18-13-21(19-30)27-25-26-14-12-24(28-25)29-15-6-1-2-7-16-29/h3-5,10-12,14,21-22H,1-2,6-9,13,15-20H2,(H,26,27,28). The first-order chi connectivity index (χ1) is 16.6. The van der Waals surface area contributed by atoms with Crippen molar-refractivity contribution in [1.29, 1.82) is 0 Å². The maximum Gasteiger partial charge on any atom is 0.243 e. The van der Waals surface area contributed by atoms with Gasteiger partial charge in [-0.2, -0.15) is 9.29 Å². The largest absolute Gasteiger partial charge is 0.356 e. The van der Waals surface area contributed by atoms with E-state index in [0.717, 1.165) is 51.3 Å². The fraction of sp³-hybridized carbons (Fsp3) is 0.600. The number of aromatic nitrogens is 2. The van der Waals surface area contributed by atoms with Crippen LogP contribution >= 0.6 is 0 Å². The first kappa shape index (κ1) is 23.5. The van der Waals surface area contributed by atoms with Gasteiger partial charge in [-0.25, -0.2) is 13.4 Å². The second-order valence-electron chi connectivity index (χ2n) is 9.74. The fourth-order valence-electron chi connectivity index (χ4n) is 5.49. The van der Waals surface area contributed by atoms with Gasteiger partial charge in [-0.1, -0.05) is 31.0 Å². The Balaban J connectivity index is 1.19. The number of anilines is 2. The highest BCUT2D eigenvalue weighted by atomic mass is 32.2. The monoisotopic (exact) mass is 484 g/mol. The molecule has 1 aromatic carbocycles. The van der Waals surface area contributed by atoms with Crippen molar-refractivity contribution in [2.75, 3.05) is 49.5 Å². The van der Waals surface area contributed by atoms with Crippen LogP contribution in [-0.2, 0) is 10.0 Å². The molecule has 184 valence electrons. The highest BCUT2D eigenvalue weighted by Crippen LogP contribution is 2.26. The molecular formula is C25H36N6O2S. The molecule has 0 bridgehead atoms. The molecule has 0 saturated carbocycles. The van der Waals surface area contributed by atoms with E-state index in [-0.39, 0.29) is 12.1 Å². The van der Waals surface area contributed by atoms with Crippen LogP contribution in [0, 0.1) is 0 Å². The van der Waals surface area contributed by atoms with Crippen molar-refractivity contribution >= 4 is 21.8 Å². The Morgan fingerprint density at radius 2 is 1.65 bits per heavy atom. The lowest BCUT2D eigenvalue weighted by Crippen LogP contribution is -2.49. The maximum absolute atomic E-state index is 13.1. The third-order valence-corrected chi connectivity index (χ3v) is 9.26. The summed E-state index contributed by atoms with van der Waals surface area (Å²) in [6.45, 7) is 5.15. The smallest absolute Gasteiger partial charge is 0.243 e. The van der Waals surface area contributed by atoms with Gasteiger partial charge < -0.3 is 10.2 Å². The average molecular weight is 485 g/mol. The molecule has 2 atom stereocenters. The predicted molar refractivity (Wildman–Crippen MR) is 135 cm³/mol. The normalized spacial score (nSPS) is 25.2. The molecule has 1 N–H and O–H groups in total. The molecule has 2 aromatic rings. The molecular weight excluding hydrogens is 448 g/mol. The summed E-state index contributed by atoms with van der Waals surface area (Å²) in [4.78, 5) is 14.5. The summed E-state index contributed by atoms with van der Waals surface area (Å²) >= 11 is 0. The first-order valence-corrected chi connectivity index (χ1v) is 14.2. The number of piperidine rings is 1. The number of hydrogen-bond donors (Lipinski definition) is 1. The van der Waals surface area contributed by atoms with Crippen molar-refractivity contribution in [3.8, 4) is 0 Å². The van der Waals surface area contributed by atoms with Crippen LogP contribution in [0.2, 0.25) is 0 Å². The van der Waals surface area contributed by atoms with E-state index in [1.165, 1.54) is 25.7 Å². The van der Waals surface area contributed by atoms with Gasteiger partial charge in [0.25, 0.3) is 0 Å². The molecule has 3 saturated heterocycles. The third-order valence-electron chi connectivity index (χ3n) is 7.38. The summed E-state index contributed by atoms with van der Waals surface area (Å²) in [7, 11) is -3.44. The van der Waals surface area contributed by atoms with Gasteiger partial charge in [0.05, 0.1) is 4.90 Å². The number of likely N-dealkylation sites (tertiary alicyclic amines) is 1. The van der Waals surface area contributed by atoms with Crippen molar-refractivity contribution in [2.24, 2.45) is 0 Å². The van der Waals surface area contributed by atoms with Crippen molar-refractivity contribution < 1.29 is 8.42 Å². The molecule has 0 spiro atoms. The molecule has 0 aliphatic carbocycles. The summed E-state index contributed by atoms with van der Waals surface area (Å²) in [5.74, 6) is 1.72. The van der Waals surface area contributed by atoms with E-state index in [1.807, 2.05) is 18.3 Å². The summed E-state index contributed by atoms with van der Waals surface area (Å²) in [5.41, 5.74) is 0. The Morgan fingerprint density at radius 3 is 2.44 bits per heavy atom. The van der Waals surface area contributed by atoms with Crippen molar-refractivity contribution in [2.45, 2.75) is 61.9 Å². The molecule has 2 unspecified atom stereocenters. The van der Waals surface area contributed by atoms with Gasteiger partial charge in [0, 0.05) is 57.5 Å². The summed E-state index contributed by atoms with van der Waals surface area (Å²) in [6, 6.07) is 11.3. The van der Waals surface area contributed by atoms with Crippen molar-refractivity contribution in [3.05, 3.63) is 42.6 Å². The van der Waals surface area contributed by atoms with Crippen LogP contribution in [0.4, 0.5) is 11.8 Å². The molecule has 0 amide bonds. The molecule has 4 heterocycles. The number of nitrogens with one attached hydrogen (secondary N) is 1. The predicted octanol–water partition coefficient (Wildman–Crippen LogP) is 3.20. The van der Waals surface area contributed by atoms with E-state index >= 15 is 0 Å². The Kier molecular flexibility index (Phi) is 7.32. The van der Waals surface area contributed by atoms with Crippen LogP contribution < -0.4 is 10.2 Å². The Hall–Kier alpha value is -2.23. The topological polar surface area (TPSA) is 81.7 Å². The molecule has 9 heteroatoms. The molecule has 3 aliphatic heterocycles. The lowest BCUT2D eigenvalue weighted by molar-refractivity contribution is 0.161. The van der Waals surface area contributed by atoms with E-state index in [0.29, 0.717) is 23.9 Å². The number of benzene rings is 1. The van der Waals surface area contributed by atoms with Crippen LogP contribution in [0.3, 0.4) is 0 Å². The number of sulfonamides is 1. The minimum atomic E-state index is -3.44. The highest BCUT2D eigenvalue weighted by Gasteiger charge is 2.35. The Labute approximate surface area is 203 Å². The van der Waals surface area contributed by atoms with E-state index in [2.05, 4.69) is 20.1 Å². The van der Waals surface area contributed by atoms with Crippen LogP contribution in [0.1, 0.15) is 44.9 Å². The minimum absolute atomic E-state index is 0.253. The first-order valence-electron chi connectivity index (χ1n) is 12.7. The second-order valence-corrected chi connectivity index (χ2v) is 11.7. The van der Waals surface area contributed by atoms with Crippen LogP contribution in [0.25, 0.3) is 0 Å². The number of rotatable bonds is 6. The quantitative estimate of drug-likeness (QED) is 0.674. The van der Waals surface area contributed by atoms with E-state index < -0.39 is 10.0 Å². The van der Waals surface area contributed by atoms with Gasteiger partial charge in [0.15, 0.2) is 0 Å². The van der Waals surface area contributed by atoms with Gasteiger partial charge >= 0.3 is 0 Å². The van der Waals surface area contributed by atoms with Crippen LogP contribution in [-0.4, -0.2) is 78.9 Å². The van der Waals surface area contributed by atoms with Crippen molar-refractivity contribution in [1.82, 2.24) is 19.2 Å². The second kappa shape index (κ2) is 10.6. The van der Waals surface area contributed by atoms with E-state index in [1.54, 1.807) is 28.6 Å². The molecule has 0 radical (unpaired) electrons. The Bertz CT molecular complexity index is 1040. The zero-order valence-corrected chi connectivity index (χ0v) is 20.7. The lowest BCUT2D eigenvalue weighted by Gasteiger charge is -2.37. The van der Waals surface area contributed by atoms with Crippen molar-refractivity contribution in [3.63, 3.8) is 0 Å². The zero-order chi connectivity index (χ0) is 23.4. The van der Waals surface area contributed by atoms with E-state index in [4.69, 9.17) is 4.98 Å². The van der Waals surface area contributed by atoms with Crippen LogP contribution in [0.15, 0.2) is 47.5 Å². The summed E-state index contributed by atoms with van der Waals surface area (Å²) < 4.78 is 27.9. The number of hydrogen-bond acceptors (Lipinski definition) is 7. The molecule has 1 aromatic heterocycles. The summed E-state index contributed by atoms with van der Waals surface area (Å²) in [5, 5.41) is 3.55. The highest BCUT2D eigenvalue weighted by molar-refractivity contribution is 7.89. The molecule has 8 nitrogen and oxygen atoms in total. The molecule has 3 aliphatic rings. The SMILES string of the molecule is O=S(=O)(c1ccccc1)N1CCCC(N2CCC(Nc3nccc(N4CCCCCC4)n3)C2)C1. The number of nitrogens with zero attached hydrogens (tertiary/aromatic N) is 5. The Morgan fingerprint density at radius 1 is 0.853 bits per heavy atom. The van der Waals surface area contributed by atoms with Crippen LogP contribution in [0.5, 0.6) is 0 Å². The van der Waals surface area contributed by atoms with E-state index in [9.17, 15) is 8.42 Å². The van der Waals surface area contributed by atoms with Gasteiger partial charge in [0.1, 0.15) is 5.82 Å². The molecule has 5 rings (SSSR count). The van der Waals surface area contributed by atoms with Gasteiger partial charge in [0.2, 0.25) is 16.0 Å². The van der Waals surface area contributed by atoms with Gasteiger partial charge in [-0.3, -0.25) is 4.90 Å².